The Morgan fingerprint density at radius 3 is 2.62 bits per heavy atom. The molecule has 1 aromatic carbocycles. The maximum absolute atomic E-state index is 13.8. The lowest BCUT2D eigenvalue weighted by molar-refractivity contribution is -0.137. The highest BCUT2D eigenvalue weighted by Crippen LogP contribution is 2.36. The number of benzene rings is 1. The van der Waals surface area contributed by atoms with Gasteiger partial charge in [0.25, 0.3) is 0 Å². The molecule has 1 aliphatic carbocycles. The summed E-state index contributed by atoms with van der Waals surface area (Å²) in [5.74, 6) is -1.26. The third-order valence-electron chi connectivity index (χ3n) is 5.28. The predicted molar refractivity (Wildman–Crippen MR) is 88.7 cm³/mol. The zero-order valence-corrected chi connectivity index (χ0v) is 15.1. The van der Waals surface area contributed by atoms with Crippen molar-refractivity contribution in [1.82, 2.24) is 10.2 Å². The normalized spacial score (nSPS) is 25.0. The van der Waals surface area contributed by atoms with Gasteiger partial charge in [0, 0.05) is 5.92 Å². The van der Waals surface area contributed by atoms with Gasteiger partial charge >= 0.3 is 18.4 Å². The summed E-state index contributed by atoms with van der Waals surface area (Å²) < 4.78 is 66.9. The Bertz CT molecular complexity index is 819. The molecule has 158 valence electrons. The fourth-order valence-corrected chi connectivity index (χ4v) is 3.62. The number of rotatable bonds is 4. The number of nitrogens with zero attached hydrogens (tertiary/aromatic N) is 1. The van der Waals surface area contributed by atoms with Gasteiger partial charge in [-0.15, -0.1) is 0 Å². The summed E-state index contributed by atoms with van der Waals surface area (Å²) >= 11 is 0. The molecule has 0 bridgehead atoms. The average Bonchev–Trinajstić information content (AvgIpc) is 2.97. The number of halogens is 4. The Labute approximate surface area is 162 Å². The van der Waals surface area contributed by atoms with Crippen LogP contribution in [0.2, 0.25) is 0 Å². The van der Waals surface area contributed by atoms with E-state index in [0.717, 1.165) is 12.1 Å². The number of ether oxygens (including phenoxy) is 3. The Kier molecular flexibility index (Phi) is 4.70. The monoisotopic (exact) mass is 418 g/mol. The van der Waals surface area contributed by atoms with Gasteiger partial charge in [0.05, 0.1) is 31.4 Å². The highest BCUT2D eigenvalue weighted by atomic mass is 19.4. The van der Waals surface area contributed by atoms with Crippen LogP contribution in [0, 0.1) is 11.7 Å². The molecule has 2 saturated heterocycles. The molecule has 2 amide bonds. The number of amides is 2. The first kappa shape index (κ1) is 19.6. The van der Waals surface area contributed by atoms with Gasteiger partial charge in [-0.25, -0.2) is 14.0 Å². The molecule has 2 aliphatic heterocycles. The molecule has 2 heterocycles. The summed E-state index contributed by atoms with van der Waals surface area (Å²) in [6, 6.07) is 2.15. The maximum Gasteiger partial charge on any atom is 0.416 e. The summed E-state index contributed by atoms with van der Waals surface area (Å²) in [6.07, 6.45) is -4.94. The maximum atomic E-state index is 13.8. The SMILES string of the molecule is O=C1NC2(CO1)CN(C(=O)OCC1CC(Oc3ccc(C(F)(F)F)cc3F)C1)C2. The number of carbonyl (C=O) groups excluding carboxylic acids is 2. The molecule has 1 aromatic rings. The van der Waals surface area contributed by atoms with E-state index >= 15 is 0 Å². The largest absolute Gasteiger partial charge is 0.487 e. The molecule has 1 spiro atoms. The molecule has 3 fully saturated rings. The van der Waals surface area contributed by atoms with Gasteiger partial charge in [0.2, 0.25) is 0 Å². The van der Waals surface area contributed by atoms with Crippen molar-refractivity contribution in [3.05, 3.63) is 29.6 Å². The lowest BCUT2D eigenvalue weighted by Gasteiger charge is -2.45. The third kappa shape index (κ3) is 4.03. The van der Waals surface area contributed by atoms with Crippen LogP contribution in [0.1, 0.15) is 18.4 Å². The van der Waals surface area contributed by atoms with Crippen molar-refractivity contribution in [2.24, 2.45) is 5.92 Å². The van der Waals surface area contributed by atoms with Crippen molar-refractivity contribution < 1.29 is 41.4 Å². The van der Waals surface area contributed by atoms with Crippen molar-refractivity contribution in [1.29, 1.82) is 0 Å². The summed E-state index contributed by atoms with van der Waals surface area (Å²) in [4.78, 5) is 24.5. The van der Waals surface area contributed by atoms with E-state index in [1.807, 2.05) is 0 Å². The van der Waals surface area contributed by atoms with Gasteiger partial charge in [0.1, 0.15) is 12.1 Å². The van der Waals surface area contributed by atoms with Crippen LogP contribution >= 0.6 is 0 Å². The molecule has 0 radical (unpaired) electrons. The van der Waals surface area contributed by atoms with Crippen molar-refractivity contribution in [2.75, 3.05) is 26.3 Å². The molecule has 0 unspecified atom stereocenters. The predicted octanol–water partition coefficient (Wildman–Crippen LogP) is 2.93. The summed E-state index contributed by atoms with van der Waals surface area (Å²) in [5, 5.41) is 2.66. The lowest BCUT2D eigenvalue weighted by atomic mass is 9.83. The van der Waals surface area contributed by atoms with Crippen molar-refractivity contribution >= 4 is 12.2 Å². The zero-order valence-electron chi connectivity index (χ0n) is 15.1. The minimum Gasteiger partial charge on any atom is -0.487 e. The van der Waals surface area contributed by atoms with Gasteiger partial charge in [-0.05, 0) is 31.0 Å². The quantitative estimate of drug-likeness (QED) is 0.761. The molecular formula is C18H18F4N2O5. The van der Waals surface area contributed by atoms with Crippen LogP contribution in [0.4, 0.5) is 27.2 Å². The number of alkyl halides is 3. The Morgan fingerprint density at radius 1 is 1.31 bits per heavy atom. The third-order valence-corrected chi connectivity index (χ3v) is 5.28. The van der Waals surface area contributed by atoms with Crippen molar-refractivity contribution in [2.45, 2.75) is 30.7 Å². The van der Waals surface area contributed by atoms with Crippen LogP contribution < -0.4 is 10.1 Å². The molecule has 7 nitrogen and oxygen atoms in total. The first-order valence-corrected chi connectivity index (χ1v) is 9.04. The molecule has 4 rings (SSSR count). The first-order valence-electron chi connectivity index (χ1n) is 9.04. The molecule has 29 heavy (non-hydrogen) atoms. The van der Waals surface area contributed by atoms with E-state index in [9.17, 15) is 27.2 Å². The topological polar surface area (TPSA) is 77.1 Å². The Hall–Kier alpha value is -2.72. The van der Waals surface area contributed by atoms with Crippen LogP contribution in [-0.2, 0) is 15.7 Å². The summed E-state index contributed by atoms with van der Waals surface area (Å²) in [5.41, 5.74) is -1.59. The van der Waals surface area contributed by atoms with E-state index in [1.54, 1.807) is 0 Å². The molecule has 0 atom stereocenters. The van der Waals surface area contributed by atoms with E-state index in [1.165, 1.54) is 4.90 Å². The van der Waals surface area contributed by atoms with Gasteiger partial charge in [0.15, 0.2) is 11.6 Å². The zero-order chi connectivity index (χ0) is 20.8. The molecule has 3 aliphatic rings. The van der Waals surface area contributed by atoms with Crippen LogP contribution in [-0.4, -0.2) is 55.0 Å². The second kappa shape index (κ2) is 6.96. The first-order chi connectivity index (χ1) is 13.6. The van der Waals surface area contributed by atoms with Crippen LogP contribution in [0.25, 0.3) is 0 Å². The molecular weight excluding hydrogens is 400 g/mol. The number of likely N-dealkylation sites (tertiary alicyclic amines) is 1. The number of hydrogen-bond donors (Lipinski definition) is 1. The van der Waals surface area contributed by atoms with Gasteiger partial charge in [-0.1, -0.05) is 0 Å². The van der Waals surface area contributed by atoms with Crippen molar-refractivity contribution in [3.8, 4) is 5.75 Å². The molecule has 11 heteroatoms. The van der Waals surface area contributed by atoms with E-state index in [4.69, 9.17) is 14.2 Å². The Balaban J connectivity index is 1.17. The number of cyclic esters (lactones) is 1. The molecule has 0 aromatic heterocycles. The number of nitrogens with one attached hydrogen (secondary N) is 1. The van der Waals surface area contributed by atoms with Crippen LogP contribution in [0.15, 0.2) is 18.2 Å². The standard InChI is InChI=1S/C18H18F4N2O5/c19-13-5-11(18(20,21)22)1-2-14(13)29-12-3-10(4-12)6-27-16(26)24-7-17(8-24)9-28-15(25)23-17/h1-2,5,10,12H,3-4,6-9H2,(H,23,25). The van der Waals surface area contributed by atoms with E-state index in [0.29, 0.717) is 32.0 Å². The highest BCUT2D eigenvalue weighted by Gasteiger charge is 2.51. The van der Waals surface area contributed by atoms with E-state index < -0.39 is 35.3 Å². The van der Waals surface area contributed by atoms with Gasteiger partial charge in [-0.2, -0.15) is 13.2 Å². The van der Waals surface area contributed by atoms with Crippen molar-refractivity contribution in [3.63, 3.8) is 0 Å². The Morgan fingerprint density at radius 2 is 2.03 bits per heavy atom. The fraction of sp³-hybridized carbons (Fsp3) is 0.556. The van der Waals surface area contributed by atoms with Gasteiger partial charge < -0.3 is 24.4 Å². The number of carbonyl (C=O) groups is 2. The minimum atomic E-state index is -4.61. The smallest absolute Gasteiger partial charge is 0.416 e. The molecule has 1 saturated carbocycles. The highest BCUT2D eigenvalue weighted by molar-refractivity contribution is 5.74. The second-order valence-corrected chi connectivity index (χ2v) is 7.63. The lowest BCUT2D eigenvalue weighted by Crippen LogP contribution is -2.70. The van der Waals surface area contributed by atoms with Crippen LogP contribution in [0.5, 0.6) is 5.75 Å². The van der Waals surface area contributed by atoms with Gasteiger partial charge in [-0.3, -0.25) is 0 Å². The molecule has 1 N–H and O–H groups in total. The summed E-state index contributed by atoms with van der Waals surface area (Å²) in [6.45, 7) is 1.03. The van der Waals surface area contributed by atoms with Crippen LogP contribution in [0.3, 0.4) is 0 Å². The second-order valence-electron chi connectivity index (χ2n) is 7.63. The fourth-order valence-electron chi connectivity index (χ4n) is 3.62. The van der Waals surface area contributed by atoms with E-state index in [-0.39, 0.29) is 31.0 Å². The van der Waals surface area contributed by atoms with E-state index in [2.05, 4.69) is 5.32 Å². The number of hydrogen-bond acceptors (Lipinski definition) is 5. The average molecular weight is 418 g/mol. The summed E-state index contributed by atoms with van der Waals surface area (Å²) in [7, 11) is 0. The number of alkyl carbamates (subject to hydrolysis) is 1. The minimum absolute atomic E-state index is 0.0335.